The second-order valence-corrected chi connectivity index (χ2v) is 17.4. The predicted molar refractivity (Wildman–Crippen MR) is 265 cm³/mol. The standard InChI is InChI=1S/C56H98O6/c1-4-7-10-13-16-19-22-25-26-27-28-29-30-32-34-37-40-43-46-49-55(58)61-52-53(51-60-54(57)48-45-42-39-36-33-24-21-18-15-12-9-6-3)62-56(59)50-47-44-41-38-35-31-23-20-17-14-11-8-5-2/h16,18-21,23,25-26,28-29,53H,4-15,17,22,24,27,30-52H2,1-3H3/b19-16-,21-18-,23-20-,26-25-,29-28-. The minimum atomic E-state index is -0.786. The number of carbonyl (C=O) groups excluding carboxylic acids is 3. The Morgan fingerprint density at radius 1 is 0.323 bits per heavy atom. The van der Waals surface area contributed by atoms with Gasteiger partial charge >= 0.3 is 17.9 Å². The molecule has 0 saturated carbocycles. The molecule has 1 unspecified atom stereocenters. The summed E-state index contributed by atoms with van der Waals surface area (Å²) in [6, 6.07) is 0. The topological polar surface area (TPSA) is 78.9 Å². The number of carbonyl (C=O) groups is 3. The van der Waals surface area contributed by atoms with E-state index < -0.39 is 6.10 Å². The maximum Gasteiger partial charge on any atom is 0.306 e. The Morgan fingerprint density at radius 3 is 0.952 bits per heavy atom. The van der Waals surface area contributed by atoms with Gasteiger partial charge in [-0.05, 0) is 109 Å². The van der Waals surface area contributed by atoms with Crippen LogP contribution in [0, 0.1) is 0 Å². The summed E-state index contributed by atoms with van der Waals surface area (Å²) < 4.78 is 16.8. The molecule has 0 bridgehead atoms. The van der Waals surface area contributed by atoms with Crippen LogP contribution in [0.5, 0.6) is 0 Å². The summed E-state index contributed by atoms with van der Waals surface area (Å²) in [6.07, 6.45) is 62.0. The summed E-state index contributed by atoms with van der Waals surface area (Å²) in [4.78, 5) is 38.0. The molecule has 0 spiro atoms. The molecule has 358 valence electrons. The molecule has 0 aliphatic rings. The van der Waals surface area contributed by atoms with Gasteiger partial charge in [0.15, 0.2) is 6.10 Å². The van der Waals surface area contributed by atoms with Gasteiger partial charge in [0, 0.05) is 19.3 Å². The van der Waals surface area contributed by atoms with E-state index in [9.17, 15) is 14.4 Å². The third kappa shape index (κ3) is 48.1. The van der Waals surface area contributed by atoms with Crippen molar-refractivity contribution < 1.29 is 28.6 Å². The Labute approximate surface area is 383 Å². The zero-order valence-electron chi connectivity index (χ0n) is 40.9. The molecule has 0 amide bonds. The zero-order chi connectivity index (χ0) is 45.1. The van der Waals surface area contributed by atoms with Crippen LogP contribution < -0.4 is 0 Å². The van der Waals surface area contributed by atoms with Crippen molar-refractivity contribution in [1.82, 2.24) is 0 Å². The van der Waals surface area contributed by atoms with Crippen LogP contribution in [-0.4, -0.2) is 37.2 Å². The van der Waals surface area contributed by atoms with E-state index in [1.807, 2.05) is 0 Å². The maximum atomic E-state index is 12.8. The van der Waals surface area contributed by atoms with Crippen LogP contribution in [-0.2, 0) is 28.6 Å². The minimum Gasteiger partial charge on any atom is -0.462 e. The van der Waals surface area contributed by atoms with E-state index in [1.165, 1.54) is 122 Å². The van der Waals surface area contributed by atoms with Crippen LogP contribution in [0.4, 0.5) is 0 Å². The molecule has 0 radical (unpaired) electrons. The third-order valence-corrected chi connectivity index (χ3v) is 11.2. The number of hydrogen-bond donors (Lipinski definition) is 0. The van der Waals surface area contributed by atoms with Crippen LogP contribution in [0.25, 0.3) is 0 Å². The van der Waals surface area contributed by atoms with Gasteiger partial charge in [-0.25, -0.2) is 0 Å². The van der Waals surface area contributed by atoms with Gasteiger partial charge < -0.3 is 14.2 Å². The highest BCUT2D eigenvalue weighted by atomic mass is 16.6. The van der Waals surface area contributed by atoms with Crippen LogP contribution in [0.1, 0.15) is 258 Å². The lowest BCUT2D eigenvalue weighted by molar-refractivity contribution is -0.167. The van der Waals surface area contributed by atoms with Gasteiger partial charge in [-0.3, -0.25) is 14.4 Å². The van der Waals surface area contributed by atoms with Crippen molar-refractivity contribution in [2.75, 3.05) is 13.2 Å². The van der Waals surface area contributed by atoms with E-state index in [2.05, 4.69) is 81.5 Å². The van der Waals surface area contributed by atoms with Crippen molar-refractivity contribution in [3.05, 3.63) is 60.8 Å². The van der Waals surface area contributed by atoms with E-state index >= 15 is 0 Å². The lowest BCUT2D eigenvalue weighted by atomic mass is 10.1. The first kappa shape index (κ1) is 59.1. The number of allylic oxidation sites excluding steroid dienone is 10. The maximum absolute atomic E-state index is 12.8. The predicted octanol–water partition coefficient (Wildman–Crippen LogP) is 17.3. The first-order valence-corrected chi connectivity index (χ1v) is 26.3. The molecule has 0 aromatic heterocycles. The first-order valence-electron chi connectivity index (χ1n) is 26.3. The number of esters is 3. The number of rotatable bonds is 47. The van der Waals surface area contributed by atoms with Gasteiger partial charge in [-0.2, -0.15) is 0 Å². The Morgan fingerprint density at radius 2 is 0.581 bits per heavy atom. The number of ether oxygens (including phenoxy) is 3. The largest absolute Gasteiger partial charge is 0.462 e. The van der Waals surface area contributed by atoms with Crippen molar-refractivity contribution >= 4 is 17.9 Å². The van der Waals surface area contributed by atoms with Crippen LogP contribution >= 0.6 is 0 Å². The quantitative estimate of drug-likeness (QED) is 0.0262. The molecule has 1 atom stereocenters. The normalized spacial score (nSPS) is 12.5. The fourth-order valence-electron chi connectivity index (χ4n) is 7.20. The lowest BCUT2D eigenvalue weighted by Gasteiger charge is -2.18. The Bertz CT molecular complexity index is 1130. The monoisotopic (exact) mass is 867 g/mol. The van der Waals surface area contributed by atoms with Crippen molar-refractivity contribution in [3.8, 4) is 0 Å². The molecule has 0 aromatic rings. The molecule has 0 aliphatic carbocycles. The Kier molecular flexibility index (Phi) is 48.4. The molecular formula is C56H98O6. The lowest BCUT2D eigenvalue weighted by Crippen LogP contribution is -2.30. The molecular weight excluding hydrogens is 769 g/mol. The van der Waals surface area contributed by atoms with Crippen molar-refractivity contribution in [2.24, 2.45) is 0 Å². The molecule has 0 saturated heterocycles. The van der Waals surface area contributed by atoms with Crippen molar-refractivity contribution in [1.29, 1.82) is 0 Å². The molecule has 0 fully saturated rings. The summed E-state index contributed by atoms with van der Waals surface area (Å²) in [5.74, 6) is -0.913. The Hall–Kier alpha value is -2.89. The van der Waals surface area contributed by atoms with E-state index in [0.717, 1.165) is 96.3 Å². The first-order chi connectivity index (χ1) is 30.5. The second-order valence-electron chi connectivity index (χ2n) is 17.4. The molecule has 0 rings (SSSR count). The van der Waals surface area contributed by atoms with Gasteiger partial charge in [0.1, 0.15) is 13.2 Å². The minimum absolute atomic E-state index is 0.0860. The van der Waals surface area contributed by atoms with E-state index in [4.69, 9.17) is 14.2 Å². The van der Waals surface area contributed by atoms with Crippen LogP contribution in [0.2, 0.25) is 0 Å². The van der Waals surface area contributed by atoms with E-state index in [-0.39, 0.29) is 31.1 Å². The van der Waals surface area contributed by atoms with Gasteiger partial charge in [-0.15, -0.1) is 0 Å². The van der Waals surface area contributed by atoms with Gasteiger partial charge in [-0.1, -0.05) is 191 Å². The molecule has 6 nitrogen and oxygen atoms in total. The summed E-state index contributed by atoms with van der Waals surface area (Å²) in [5, 5.41) is 0. The summed E-state index contributed by atoms with van der Waals surface area (Å²) in [6.45, 7) is 6.55. The molecule has 0 aliphatic heterocycles. The smallest absolute Gasteiger partial charge is 0.306 e. The van der Waals surface area contributed by atoms with E-state index in [0.29, 0.717) is 19.3 Å². The van der Waals surface area contributed by atoms with Crippen LogP contribution in [0.15, 0.2) is 60.8 Å². The highest BCUT2D eigenvalue weighted by molar-refractivity contribution is 5.71. The van der Waals surface area contributed by atoms with Gasteiger partial charge in [0.2, 0.25) is 0 Å². The van der Waals surface area contributed by atoms with Crippen molar-refractivity contribution in [2.45, 2.75) is 264 Å². The van der Waals surface area contributed by atoms with E-state index in [1.54, 1.807) is 0 Å². The summed E-state index contributed by atoms with van der Waals surface area (Å²) in [5.41, 5.74) is 0. The third-order valence-electron chi connectivity index (χ3n) is 11.2. The summed E-state index contributed by atoms with van der Waals surface area (Å²) >= 11 is 0. The molecule has 0 N–H and O–H groups in total. The average Bonchev–Trinajstić information content (AvgIpc) is 3.27. The molecule has 62 heavy (non-hydrogen) atoms. The van der Waals surface area contributed by atoms with Crippen molar-refractivity contribution in [3.63, 3.8) is 0 Å². The van der Waals surface area contributed by atoms with Crippen LogP contribution in [0.3, 0.4) is 0 Å². The number of hydrogen-bond acceptors (Lipinski definition) is 6. The van der Waals surface area contributed by atoms with Gasteiger partial charge in [0.05, 0.1) is 0 Å². The highest BCUT2D eigenvalue weighted by Gasteiger charge is 2.19. The molecule has 0 aromatic carbocycles. The SMILES string of the molecule is CCCCC/C=C\C/C=C\C/C=C\CCCCCCCCC(=O)OCC(COC(=O)CCCCCCC/C=C\CCCCC)OC(=O)CCCCCCC/C=C\CCCCCC. The molecule has 0 heterocycles. The number of unbranched alkanes of at least 4 members (excludes halogenated alkanes) is 26. The van der Waals surface area contributed by atoms with Gasteiger partial charge in [0.25, 0.3) is 0 Å². The highest BCUT2D eigenvalue weighted by Crippen LogP contribution is 2.14. The Balaban J connectivity index is 4.38. The summed E-state index contributed by atoms with van der Waals surface area (Å²) in [7, 11) is 0. The second kappa shape index (κ2) is 50.8. The average molecular weight is 867 g/mol. The zero-order valence-corrected chi connectivity index (χ0v) is 40.9. The fraction of sp³-hybridized carbons (Fsp3) is 0.768. The molecule has 6 heteroatoms. The fourth-order valence-corrected chi connectivity index (χ4v) is 7.20.